The van der Waals surface area contributed by atoms with Gasteiger partial charge in [0.2, 0.25) is 0 Å². The van der Waals surface area contributed by atoms with Gasteiger partial charge in [-0.05, 0) is 47.8 Å². The molecule has 100 valence electrons. The monoisotopic (exact) mass is 313 g/mol. The molecule has 1 atom stereocenters. The topological polar surface area (TPSA) is 46.1 Å². The Morgan fingerprint density at radius 2 is 2.50 bits per heavy atom. The quantitative estimate of drug-likeness (QED) is 0.894. The molecule has 5 heteroatoms. The van der Waals surface area contributed by atoms with Crippen LogP contribution in [0, 0.1) is 0 Å². The zero-order valence-corrected chi connectivity index (χ0v) is 12.3. The molecule has 1 aromatic rings. The zero-order chi connectivity index (χ0) is 13.0. The van der Waals surface area contributed by atoms with Crippen LogP contribution in [0.25, 0.3) is 0 Å². The average molecular weight is 314 g/mol. The van der Waals surface area contributed by atoms with E-state index in [1.165, 1.54) is 0 Å². The molecule has 1 amide bonds. The smallest absolute Gasteiger partial charge is 0.268 e. The number of hydrogen-bond donors (Lipinski definition) is 2. The molecule has 2 N–H and O–H groups in total. The Morgan fingerprint density at radius 3 is 3.17 bits per heavy atom. The molecular formula is C13H20BrN3O. The third-order valence-corrected chi connectivity index (χ3v) is 3.63. The number of aromatic nitrogens is 1. The number of carbonyl (C=O) groups is 1. The third kappa shape index (κ3) is 3.36. The van der Waals surface area contributed by atoms with Crippen LogP contribution < -0.4 is 10.6 Å². The number of carbonyl (C=O) groups excluding carboxylic acids is 1. The number of piperidine rings is 1. The summed E-state index contributed by atoms with van der Waals surface area (Å²) in [5.74, 6) is 0.0304. The SMILES string of the molecule is CCCn1cc(Br)cc1C(=O)N[C@H]1CCCNC1. The first-order valence-corrected chi connectivity index (χ1v) is 7.37. The summed E-state index contributed by atoms with van der Waals surface area (Å²) < 4.78 is 2.97. The van der Waals surface area contributed by atoms with Crippen molar-refractivity contribution in [3.63, 3.8) is 0 Å². The zero-order valence-electron chi connectivity index (χ0n) is 10.7. The van der Waals surface area contributed by atoms with Crippen molar-refractivity contribution in [3.05, 3.63) is 22.4 Å². The van der Waals surface area contributed by atoms with Crippen LogP contribution in [-0.2, 0) is 6.54 Å². The van der Waals surface area contributed by atoms with Crippen molar-refractivity contribution >= 4 is 21.8 Å². The second kappa shape index (κ2) is 6.38. The minimum absolute atomic E-state index is 0.0304. The summed E-state index contributed by atoms with van der Waals surface area (Å²) in [5.41, 5.74) is 0.745. The van der Waals surface area contributed by atoms with Crippen LogP contribution in [0.2, 0.25) is 0 Å². The van der Waals surface area contributed by atoms with Gasteiger partial charge >= 0.3 is 0 Å². The molecule has 4 nitrogen and oxygen atoms in total. The lowest BCUT2D eigenvalue weighted by molar-refractivity contribution is 0.0921. The normalized spacial score (nSPS) is 19.8. The molecular weight excluding hydrogens is 294 g/mol. The van der Waals surface area contributed by atoms with E-state index < -0.39 is 0 Å². The van der Waals surface area contributed by atoms with E-state index in [9.17, 15) is 4.79 Å². The molecule has 1 saturated heterocycles. The highest BCUT2D eigenvalue weighted by molar-refractivity contribution is 9.10. The van der Waals surface area contributed by atoms with Crippen molar-refractivity contribution < 1.29 is 4.79 Å². The summed E-state index contributed by atoms with van der Waals surface area (Å²) in [4.78, 5) is 12.2. The molecule has 0 aliphatic carbocycles. The lowest BCUT2D eigenvalue weighted by Crippen LogP contribution is -2.46. The molecule has 0 unspecified atom stereocenters. The first-order valence-electron chi connectivity index (χ1n) is 6.58. The minimum atomic E-state index is 0.0304. The fourth-order valence-electron chi connectivity index (χ4n) is 2.33. The summed E-state index contributed by atoms with van der Waals surface area (Å²) in [7, 11) is 0. The van der Waals surface area contributed by atoms with Crippen molar-refractivity contribution in [1.82, 2.24) is 15.2 Å². The maximum atomic E-state index is 12.2. The highest BCUT2D eigenvalue weighted by atomic mass is 79.9. The Kier molecular flexibility index (Phi) is 4.83. The van der Waals surface area contributed by atoms with E-state index in [-0.39, 0.29) is 11.9 Å². The number of halogens is 1. The standard InChI is InChI=1S/C13H20BrN3O/c1-2-6-17-9-10(14)7-12(17)13(18)16-11-4-3-5-15-8-11/h7,9,11,15H,2-6,8H2,1H3,(H,16,18)/t11-/m0/s1. The van der Waals surface area contributed by atoms with Crippen LogP contribution in [0.3, 0.4) is 0 Å². The van der Waals surface area contributed by atoms with E-state index in [2.05, 4.69) is 33.5 Å². The van der Waals surface area contributed by atoms with Gasteiger partial charge in [0.15, 0.2) is 0 Å². The van der Waals surface area contributed by atoms with E-state index in [0.717, 1.165) is 49.1 Å². The molecule has 1 fully saturated rings. The molecule has 2 rings (SSSR count). The highest BCUT2D eigenvalue weighted by Crippen LogP contribution is 2.16. The highest BCUT2D eigenvalue weighted by Gasteiger charge is 2.18. The summed E-state index contributed by atoms with van der Waals surface area (Å²) in [5, 5.41) is 6.41. The van der Waals surface area contributed by atoms with Crippen LogP contribution in [0.15, 0.2) is 16.7 Å². The molecule has 1 aromatic heterocycles. The predicted octanol–water partition coefficient (Wildman–Crippen LogP) is 2.14. The molecule has 2 heterocycles. The van der Waals surface area contributed by atoms with Crippen molar-refractivity contribution in [2.45, 2.75) is 38.8 Å². The summed E-state index contributed by atoms with van der Waals surface area (Å²) >= 11 is 3.43. The molecule has 1 aliphatic rings. The first kappa shape index (κ1) is 13.6. The van der Waals surface area contributed by atoms with Crippen LogP contribution >= 0.6 is 15.9 Å². The lowest BCUT2D eigenvalue weighted by Gasteiger charge is -2.24. The second-order valence-corrected chi connectivity index (χ2v) is 5.67. The molecule has 0 saturated carbocycles. The van der Waals surface area contributed by atoms with Crippen molar-refractivity contribution in [3.8, 4) is 0 Å². The number of nitrogens with one attached hydrogen (secondary N) is 2. The summed E-state index contributed by atoms with van der Waals surface area (Å²) in [6, 6.07) is 2.15. The van der Waals surface area contributed by atoms with Gasteiger partial charge in [-0.3, -0.25) is 4.79 Å². The summed E-state index contributed by atoms with van der Waals surface area (Å²) in [6.45, 7) is 4.92. The van der Waals surface area contributed by atoms with Gasteiger partial charge in [0, 0.05) is 29.8 Å². The van der Waals surface area contributed by atoms with Crippen LogP contribution in [0.1, 0.15) is 36.7 Å². The van der Waals surface area contributed by atoms with E-state index in [4.69, 9.17) is 0 Å². The number of amides is 1. The Balaban J connectivity index is 2.03. The number of rotatable bonds is 4. The van der Waals surface area contributed by atoms with Crippen LogP contribution in [0.5, 0.6) is 0 Å². The number of hydrogen-bond acceptors (Lipinski definition) is 2. The first-order chi connectivity index (χ1) is 8.70. The fourth-order valence-corrected chi connectivity index (χ4v) is 2.79. The fraction of sp³-hybridized carbons (Fsp3) is 0.615. The summed E-state index contributed by atoms with van der Waals surface area (Å²) in [6.07, 6.45) is 5.18. The van der Waals surface area contributed by atoms with Gasteiger partial charge in [0.05, 0.1) is 0 Å². The maximum absolute atomic E-state index is 12.2. The maximum Gasteiger partial charge on any atom is 0.268 e. The Bertz CT molecular complexity index is 410. The van der Waals surface area contributed by atoms with Crippen molar-refractivity contribution in [2.75, 3.05) is 13.1 Å². The Hall–Kier alpha value is -0.810. The Morgan fingerprint density at radius 1 is 1.67 bits per heavy atom. The van der Waals surface area contributed by atoms with Crippen molar-refractivity contribution in [2.24, 2.45) is 0 Å². The molecule has 18 heavy (non-hydrogen) atoms. The van der Waals surface area contributed by atoms with Crippen molar-refractivity contribution in [1.29, 1.82) is 0 Å². The van der Waals surface area contributed by atoms with Gasteiger partial charge in [-0.25, -0.2) is 0 Å². The van der Waals surface area contributed by atoms with Gasteiger partial charge in [-0.1, -0.05) is 6.92 Å². The molecule has 0 spiro atoms. The molecule has 0 aromatic carbocycles. The van der Waals surface area contributed by atoms with Gasteiger partial charge < -0.3 is 15.2 Å². The average Bonchev–Trinajstić information content (AvgIpc) is 2.72. The van der Waals surface area contributed by atoms with Gasteiger partial charge in [-0.2, -0.15) is 0 Å². The number of nitrogens with zero attached hydrogens (tertiary/aromatic N) is 1. The minimum Gasteiger partial charge on any atom is -0.347 e. The second-order valence-electron chi connectivity index (χ2n) is 4.75. The lowest BCUT2D eigenvalue weighted by atomic mass is 10.1. The molecule has 0 bridgehead atoms. The molecule has 0 radical (unpaired) electrons. The molecule has 1 aliphatic heterocycles. The largest absolute Gasteiger partial charge is 0.347 e. The van der Waals surface area contributed by atoms with Gasteiger partial charge in [0.25, 0.3) is 5.91 Å². The van der Waals surface area contributed by atoms with Gasteiger partial charge in [0.1, 0.15) is 5.69 Å². The van der Waals surface area contributed by atoms with E-state index >= 15 is 0 Å². The van der Waals surface area contributed by atoms with Gasteiger partial charge in [-0.15, -0.1) is 0 Å². The van der Waals surface area contributed by atoms with E-state index in [1.807, 2.05) is 16.8 Å². The number of aryl methyl sites for hydroxylation is 1. The Labute approximate surface area is 116 Å². The van der Waals surface area contributed by atoms with Crippen LogP contribution in [-0.4, -0.2) is 29.6 Å². The third-order valence-electron chi connectivity index (χ3n) is 3.19. The van der Waals surface area contributed by atoms with E-state index in [1.54, 1.807) is 0 Å². The van der Waals surface area contributed by atoms with Crippen LogP contribution in [0.4, 0.5) is 0 Å². The predicted molar refractivity (Wildman–Crippen MR) is 75.8 cm³/mol. The van der Waals surface area contributed by atoms with E-state index in [0.29, 0.717) is 0 Å².